The van der Waals surface area contributed by atoms with E-state index in [1.54, 1.807) is 11.3 Å². The van der Waals surface area contributed by atoms with Crippen molar-refractivity contribution in [2.45, 2.75) is 33.7 Å². The third-order valence-electron chi connectivity index (χ3n) is 2.57. The van der Waals surface area contributed by atoms with E-state index in [1.165, 1.54) is 16.7 Å². The van der Waals surface area contributed by atoms with Crippen LogP contribution in [0.25, 0.3) is 11.3 Å². The van der Waals surface area contributed by atoms with Gasteiger partial charge in [0.1, 0.15) is 0 Å². The number of aryl methyl sites for hydroxylation is 2. The van der Waals surface area contributed by atoms with Crippen molar-refractivity contribution in [2.24, 2.45) is 0 Å². The summed E-state index contributed by atoms with van der Waals surface area (Å²) in [6.45, 7) is 8.50. The van der Waals surface area contributed by atoms with Crippen LogP contribution in [0.4, 0.5) is 5.13 Å². The van der Waals surface area contributed by atoms with Gasteiger partial charge in [-0.25, -0.2) is 4.98 Å². The molecule has 2 rings (SSSR count). The van der Waals surface area contributed by atoms with Crippen LogP contribution in [0.3, 0.4) is 0 Å². The van der Waals surface area contributed by atoms with Gasteiger partial charge in [0, 0.05) is 17.0 Å². The molecular weight excluding hydrogens is 228 g/mol. The summed E-state index contributed by atoms with van der Waals surface area (Å²) in [5.41, 5.74) is 4.87. The monoisotopic (exact) mass is 246 g/mol. The van der Waals surface area contributed by atoms with Crippen LogP contribution in [-0.2, 0) is 0 Å². The van der Waals surface area contributed by atoms with E-state index >= 15 is 0 Å². The van der Waals surface area contributed by atoms with Gasteiger partial charge in [0.15, 0.2) is 5.13 Å². The van der Waals surface area contributed by atoms with Crippen molar-refractivity contribution in [3.8, 4) is 11.3 Å². The number of benzene rings is 1. The Bertz CT molecular complexity index is 515. The third kappa shape index (κ3) is 2.86. The lowest BCUT2D eigenvalue weighted by Gasteiger charge is -2.05. The highest BCUT2D eigenvalue weighted by Gasteiger charge is 2.07. The molecule has 90 valence electrons. The molecule has 0 aliphatic rings. The van der Waals surface area contributed by atoms with E-state index in [2.05, 4.69) is 61.6 Å². The molecule has 2 aromatic rings. The number of nitrogens with zero attached hydrogens (tertiary/aromatic N) is 1. The molecule has 0 unspecified atom stereocenters. The number of hydrogen-bond donors (Lipinski definition) is 1. The molecule has 0 amide bonds. The maximum Gasteiger partial charge on any atom is 0.183 e. The predicted octanol–water partition coefficient (Wildman–Crippen LogP) is 4.25. The maximum atomic E-state index is 4.62. The van der Waals surface area contributed by atoms with Gasteiger partial charge in [-0.15, -0.1) is 11.3 Å². The summed E-state index contributed by atoms with van der Waals surface area (Å²) in [7, 11) is 0. The first-order valence-electron chi connectivity index (χ1n) is 5.86. The zero-order chi connectivity index (χ0) is 12.4. The Kier molecular flexibility index (Phi) is 3.48. The Morgan fingerprint density at radius 2 is 2.00 bits per heavy atom. The molecule has 0 atom stereocenters. The molecule has 17 heavy (non-hydrogen) atoms. The van der Waals surface area contributed by atoms with Crippen LogP contribution in [0.15, 0.2) is 23.6 Å². The fourth-order valence-corrected chi connectivity index (χ4v) is 2.67. The zero-order valence-electron chi connectivity index (χ0n) is 10.7. The standard InChI is InChI=1S/C14H18N2S/c1-9(2)15-14-16-13(8-17-14)12-6-5-10(3)7-11(12)4/h5-9H,1-4H3,(H,15,16). The van der Waals surface area contributed by atoms with Crippen molar-refractivity contribution in [3.05, 3.63) is 34.7 Å². The molecule has 0 radical (unpaired) electrons. The maximum absolute atomic E-state index is 4.62. The molecule has 0 fully saturated rings. The minimum atomic E-state index is 0.424. The molecule has 1 aromatic heterocycles. The van der Waals surface area contributed by atoms with E-state index in [-0.39, 0.29) is 0 Å². The highest BCUT2D eigenvalue weighted by molar-refractivity contribution is 7.14. The second-order valence-electron chi connectivity index (χ2n) is 4.66. The number of hydrogen-bond acceptors (Lipinski definition) is 3. The number of rotatable bonds is 3. The van der Waals surface area contributed by atoms with E-state index in [4.69, 9.17) is 0 Å². The van der Waals surface area contributed by atoms with Crippen LogP contribution in [0.2, 0.25) is 0 Å². The number of anilines is 1. The largest absolute Gasteiger partial charge is 0.359 e. The molecule has 0 aliphatic heterocycles. The summed E-state index contributed by atoms with van der Waals surface area (Å²) in [6, 6.07) is 6.91. The van der Waals surface area contributed by atoms with Gasteiger partial charge in [-0.05, 0) is 33.3 Å². The third-order valence-corrected chi connectivity index (χ3v) is 3.35. The molecule has 1 aromatic carbocycles. The van der Waals surface area contributed by atoms with Gasteiger partial charge in [-0.2, -0.15) is 0 Å². The molecular formula is C14H18N2S. The van der Waals surface area contributed by atoms with E-state index in [1.807, 2.05) is 0 Å². The molecule has 1 heterocycles. The topological polar surface area (TPSA) is 24.9 Å². The molecule has 1 N–H and O–H groups in total. The Balaban J connectivity index is 2.30. The quantitative estimate of drug-likeness (QED) is 0.876. The van der Waals surface area contributed by atoms with Gasteiger partial charge in [0.25, 0.3) is 0 Å². The lowest BCUT2D eigenvalue weighted by atomic mass is 10.0. The number of thiazole rings is 1. The van der Waals surface area contributed by atoms with Crippen molar-refractivity contribution in [3.63, 3.8) is 0 Å². The molecule has 0 saturated heterocycles. The Morgan fingerprint density at radius 3 is 2.65 bits per heavy atom. The Hall–Kier alpha value is -1.35. The van der Waals surface area contributed by atoms with Crippen molar-refractivity contribution in [1.82, 2.24) is 4.98 Å². The average molecular weight is 246 g/mol. The highest BCUT2D eigenvalue weighted by Crippen LogP contribution is 2.28. The lowest BCUT2D eigenvalue weighted by Crippen LogP contribution is -2.08. The zero-order valence-corrected chi connectivity index (χ0v) is 11.6. The van der Waals surface area contributed by atoms with E-state index in [0.717, 1.165) is 10.8 Å². The van der Waals surface area contributed by atoms with E-state index < -0.39 is 0 Å². The van der Waals surface area contributed by atoms with Crippen LogP contribution in [0.5, 0.6) is 0 Å². The van der Waals surface area contributed by atoms with Crippen molar-refractivity contribution in [1.29, 1.82) is 0 Å². The van der Waals surface area contributed by atoms with E-state index in [0.29, 0.717) is 6.04 Å². The van der Waals surface area contributed by atoms with Gasteiger partial charge in [0.2, 0.25) is 0 Å². The first-order valence-corrected chi connectivity index (χ1v) is 6.74. The van der Waals surface area contributed by atoms with Gasteiger partial charge in [-0.3, -0.25) is 0 Å². The molecule has 0 spiro atoms. The van der Waals surface area contributed by atoms with Gasteiger partial charge >= 0.3 is 0 Å². The summed E-state index contributed by atoms with van der Waals surface area (Å²) < 4.78 is 0. The average Bonchev–Trinajstić information content (AvgIpc) is 2.65. The first-order chi connectivity index (χ1) is 8.06. The van der Waals surface area contributed by atoms with Gasteiger partial charge in [-0.1, -0.05) is 23.8 Å². The minimum Gasteiger partial charge on any atom is -0.359 e. The van der Waals surface area contributed by atoms with Crippen LogP contribution in [0.1, 0.15) is 25.0 Å². The smallest absolute Gasteiger partial charge is 0.183 e. The van der Waals surface area contributed by atoms with Gasteiger partial charge < -0.3 is 5.32 Å². The van der Waals surface area contributed by atoms with Crippen LogP contribution < -0.4 is 5.32 Å². The molecule has 3 heteroatoms. The molecule has 0 aliphatic carbocycles. The fourth-order valence-electron chi connectivity index (χ4n) is 1.81. The van der Waals surface area contributed by atoms with Crippen molar-refractivity contribution in [2.75, 3.05) is 5.32 Å². The highest BCUT2D eigenvalue weighted by atomic mass is 32.1. The summed E-state index contributed by atoms with van der Waals surface area (Å²) >= 11 is 1.66. The lowest BCUT2D eigenvalue weighted by molar-refractivity contribution is 0.897. The summed E-state index contributed by atoms with van der Waals surface area (Å²) in [6.07, 6.45) is 0. The number of aromatic nitrogens is 1. The van der Waals surface area contributed by atoms with Crippen molar-refractivity contribution >= 4 is 16.5 Å². The summed E-state index contributed by atoms with van der Waals surface area (Å²) in [5, 5.41) is 6.44. The summed E-state index contributed by atoms with van der Waals surface area (Å²) in [4.78, 5) is 4.62. The minimum absolute atomic E-state index is 0.424. The predicted molar refractivity (Wildman–Crippen MR) is 75.8 cm³/mol. The summed E-state index contributed by atoms with van der Waals surface area (Å²) in [5.74, 6) is 0. The van der Waals surface area contributed by atoms with Crippen LogP contribution in [-0.4, -0.2) is 11.0 Å². The SMILES string of the molecule is Cc1ccc(-c2csc(NC(C)C)n2)c(C)c1. The molecule has 0 bridgehead atoms. The molecule has 0 saturated carbocycles. The van der Waals surface area contributed by atoms with Gasteiger partial charge in [0.05, 0.1) is 5.69 Å². The Labute approximate surface area is 107 Å². The molecule has 2 nitrogen and oxygen atoms in total. The normalized spacial score (nSPS) is 10.9. The van der Waals surface area contributed by atoms with Crippen LogP contribution >= 0.6 is 11.3 Å². The van der Waals surface area contributed by atoms with Crippen LogP contribution in [0, 0.1) is 13.8 Å². The second kappa shape index (κ2) is 4.88. The van der Waals surface area contributed by atoms with E-state index in [9.17, 15) is 0 Å². The van der Waals surface area contributed by atoms with Crippen molar-refractivity contribution < 1.29 is 0 Å². The fraction of sp³-hybridized carbons (Fsp3) is 0.357. The first kappa shape index (κ1) is 12.1. The second-order valence-corrected chi connectivity index (χ2v) is 5.51. The Morgan fingerprint density at radius 1 is 1.24 bits per heavy atom. The number of nitrogens with one attached hydrogen (secondary N) is 1.